The molecule has 4 heterocycles. The molecule has 2 aromatic rings. The van der Waals surface area contributed by atoms with E-state index in [0.717, 1.165) is 62.7 Å². The van der Waals surface area contributed by atoms with Crippen molar-refractivity contribution in [3.8, 4) is 0 Å². The average Bonchev–Trinajstić information content (AvgIpc) is 3.32. The van der Waals surface area contributed by atoms with Crippen molar-refractivity contribution in [2.75, 3.05) is 57.3 Å². The Labute approximate surface area is 149 Å². The van der Waals surface area contributed by atoms with Gasteiger partial charge in [0.2, 0.25) is 0 Å². The van der Waals surface area contributed by atoms with Gasteiger partial charge in [0, 0.05) is 32.7 Å². The standard InChI is InChI=1S/C18H29N7/c1-2-22-10-12-24(13-11-22)17-16-18(20-14-19-17)25(15-21-16)9-5-8-23-6-3-4-7-23/h14-15H,2-13H2,1H3. The summed E-state index contributed by atoms with van der Waals surface area (Å²) in [5.41, 5.74) is 1.93. The zero-order chi connectivity index (χ0) is 17.1. The van der Waals surface area contributed by atoms with Crippen molar-refractivity contribution in [1.82, 2.24) is 29.3 Å². The molecule has 7 heteroatoms. The maximum atomic E-state index is 4.65. The highest BCUT2D eigenvalue weighted by Crippen LogP contribution is 2.22. The van der Waals surface area contributed by atoms with E-state index in [1.165, 1.54) is 32.5 Å². The second kappa shape index (κ2) is 7.66. The fraction of sp³-hybridized carbons (Fsp3) is 0.722. The first-order valence-corrected chi connectivity index (χ1v) is 9.70. The van der Waals surface area contributed by atoms with E-state index in [4.69, 9.17) is 0 Å². The summed E-state index contributed by atoms with van der Waals surface area (Å²) < 4.78 is 2.19. The molecule has 4 rings (SSSR count). The Balaban J connectivity index is 1.44. The lowest BCUT2D eigenvalue weighted by Crippen LogP contribution is -2.46. The van der Waals surface area contributed by atoms with Gasteiger partial charge in [-0.3, -0.25) is 0 Å². The molecule has 2 aliphatic rings. The first-order valence-electron chi connectivity index (χ1n) is 9.70. The minimum atomic E-state index is 0.952. The van der Waals surface area contributed by atoms with Gasteiger partial charge in [0.05, 0.1) is 6.33 Å². The first kappa shape index (κ1) is 16.7. The number of nitrogens with zero attached hydrogens (tertiary/aromatic N) is 7. The molecule has 2 aliphatic heterocycles. The van der Waals surface area contributed by atoms with Gasteiger partial charge in [-0.15, -0.1) is 0 Å². The number of imidazole rings is 1. The highest BCUT2D eigenvalue weighted by atomic mass is 15.3. The number of likely N-dealkylation sites (tertiary alicyclic amines) is 1. The van der Waals surface area contributed by atoms with E-state index >= 15 is 0 Å². The predicted molar refractivity (Wildman–Crippen MR) is 99.9 cm³/mol. The predicted octanol–water partition coefficient (Wildman–Crippen LogP) is 1.45. The number of hydrogen-bond acceptors (Lipinski definition) is 6. The molecule has 0 aliphatic carbocycles. The quantitative estimate of drug-likeness (QED) is 0.791. The van der Waals surface area contributed by atoms with Crippen LogP contribution in [-0.2, 0) is 6.54 Å². The fourth-order valence-corrected chi connectivity index (χ4v) is 4.01. The van der Waals surface area contributed by atoms with Crippen molar-refractivity contribution >= 4 is 17.0 Å². The summed E-state index contributed by atoms with van der Waals surface area (Å²) >= 11 is 0. The van der Waals surface area contributed by atoms with Gasteiger partial charge in [-0.2, -0.15) is 0 Å². The molecule has 0 N–H and O–H groups in total. The molecule has 2 fully saturated rings. The molecule has 25 heavy (non-hydrogen) atoms. The highest BCUT2D eigenvalue weighted by Gasteiger charge is 2.21. The van der Waals surface area contributed by atoms with Crippen molar-refractivity contribution in [2.45, 2.75) is 32.7 Å². The van der Waals surface area contributed by atoms with Gasteiger partial charge in [-0.25, -0.2) is 15.0 Å². The lowest BCUT2D eigenvalue weighted by atomic mass is 10.3. The van der Waals surface area contributed by atoms with E-state index < -0.39 is 0 Å². The fourth-order valence-electron chi connectivity index (χ4n) is 4.01. The van der Waals surface area contributed by atoms with Crippen LogP contribution in [0.1, 0.15) is 26.2 Å². The second-order valence-electron chi connectivity index (χ2n) is 7.13. The molecule has 0 radical (unpaired) electrons. The monoisotopic (exact) mass is 343 g/mol. The molecule has 0 bridgehead atoms. The maximum Gasteiger partial charge on any atom is 0.165 e. The van der Waals surface area contributed by atoms with Gasteiger partial charge >= 0.3 is 0 Å². The first-order chi connectivity index (χ1) is 12.3. The third-order valence-corrected chi connectivity index (χ3v) is 5.57. The van der Waals surface area contributed by atoms with E-state index in [1.807, 2.05) is 6.33 Å². The van der Waals surface area contributed by atoms with Crippen LogP contribution in [-0.4, -0.2) is 81.7 Å². The minimum absolute atomic E-state index is 0.952. The summed E-state index contributed by atoms with van der Waals surface area (Å²) in [6.07, 6.45) is 7.50. The minimum Gasteiger partial charge on any atom is -0.352 e. The molecular weight excluding hydrogens is 314 g/mol. The number of likely N-dealkylation sites (N-methyl/N-ethyl adjacent to an activating group) is 1. The summed E-state index contributed by atoms with van der Waals surface area (Å²) in [5, 5.41) is 0. The van der Waals surface area contributed by atoms with E-state index in [2.05, 4.69) is 41.1 Å². The van der Waals surface area contributed by atoms with Crippen LogP contribution in [0.15, 0.2) is 12.7 Å². The largest absolute Gasteiger partial charge is 0.352 e. The molecule has 2 saturated heterocycles. The smallest absolute Gasteiger partial charge is 0.165 e. The number of aromatic nitrogens is 4. The van der Waals surface area contributed by atoms with Crippen molar-refractivity contribution in [2.24, 2.45) is 0 Å². The van der Waals surface area contributed by atoms with E-state index in [-0.39, 0.29) is 0 Å². The SMILES string of the molecule is CCN1CCN(c2ncnc3c2ncn3CCCN2CCCC2)CC1. The van der Waals surface area contributed by atoms with Crippen LogP contribution in [0.4, 0.5) is 5.82 Å². The van der Waals surface area contributed by atoms with Gasteiger partial charge < -0.3 is 19.3 Å². The summed E-state index contributed by atoms with van der Waals surface area (Å²) in [5.74, 6) is 0.999. The van der Waals surface area contributed by atoms with Crippen LogP contribution in [0.5, 0.6) is 0 Å². The zero-order valence-electron chi connectivity index (χ0n) is 15.3. The van der Waals surface area contributed by atoms with Crippen LogP contribution in [0.25, 0.3) is 11.2 Å². The van der Waals surface area contributed by atoms with Gasteiger partial charge in [-0.1, -0.05) is 6.92 Å². The number of hydrogen-bond donors (Lipinski definition) is 0. The van der Waals surface area contributed by atoms with Crippen LogP contribution in [0.3, 0.4) is 0 Å². The Morgan fingerprint density at radius 1 is 0.880 bits per heavy atom. The van der Waals surface area contributed by atoms with Crippen molar-refractivity contribution in [3.63, 3.8) is 0 Å². The Bertz CT molecular complexity index is 684. The van der Waals surface area contributed by atoms with Gasteiger partial charge in [0.25, 0.3) is 0 Å². The molecule has 0 saturated carbocycles. The van der Waals surface area contributed by atoms with Crippen LogP contribution in [0.2, 0.25) is 0 Å². The molecular formula is C18H29N7. The molecule has 7 nitrogen and oxygen atoms in total. The van der Waals surface area contributed by atoms with Crippen LogP contribution in [0, 0.1) is 0 Å². The topological polar surface area (TPSA) is 53.3 Å². The lowest BCUT2D eigenvalue weighted by molar-refractivity contribution is 0.270. The maximum absolute atomic E-state index is 4.65. The number of rotatable bonds is 6. The Kier molecular flexibility index (Phi) is 5.12. The zero-order valence-corrected chi connectivity index (χ0v) is 15.3. The van der Waals surface area contributed by atoms with Gasteiger partial charge in [0.15, 0.2) is 17.0 Å². The molecule has 136 valence electrons. The molecule has 0 spiro atoms. The number of piperazine rings is 1. The summed E-state index contributed by atoms with van der Waals surface area (Å²) in [6.45, 7) is 12.3. The molecule has 0 unspecified atom stereocenters. The normalized spacial score (nSPS) is 20.0. The summed E-state index contributed by atoms with van der Waals surface area (Å²) in [4.78, 5) is 21.1. The molecule has 0 aromatic carbocycles. The molecule has 0 amide bonds. The van der Waals surface area contributed by atoms with Crippen LogP contribution >= 0.6 is 0 Å². The lowest BCUT2D eigenvalue weighted by Gasteiger charge is -2.34. The Morgan fingerprint density at radius 2 is 1.68 bits per heavy atom. The summed E-state index contributed by atoms with van der Waals surface area (Å²) in [6, 6.07) is 0. The number of anilines is 1. The highest BCUT2D eigenvalue weighted by molar-refractivity contribution is 5.83. The summed E-state index contributed by atoms with van der Waals surface area (Å²) in [7, 11) is 0. The van der Waals surface area contributed by atoms with E-state index in [0.29, 0.717) is 0 Å². The van der Waals surface area contributed by atoms with E-state index in [9.17, 15) is 0 Å². The third-order valence-electron chi connectivity index (χ3n) is 5.57. The molecule has 0 atom stereocenters. The average molecular weight is 343 g/mol. The van der Waals surface area contributed by atoms with Gasteiger partial charge in [-0.05, 0) is 45.4 Å². The third kappa shape index (κ3) is 3.62. The van der Waals surface area contributed by atoms with E-state index in [1.54, 1.807) is 6.33 Å². The van der Waals surface area contributed by atoms with Crippen molar-refractivity contribution < 1.29 is 0 Å². The molecule has 2 aromatic heterocycles. The van der Waals surface area contributed by atoms with Crippen molar-refractivity contribution in [3.05, 3.63) is 12.7 Å². The van der Waals surface area contributed by atoms with Crippen molar-refractivity contribution in [1.29, 1.82) is 0 Å². The number of fused-ring (bicyclic) bond motifs is 1. The Hall–Kier alpha value is -1.73. The Morgan fingerprint density at radius 3 is 2.44 bits per heavy atom. The van der Waals surface area contributed by atoms with Crippen LogP contribution < -0.4 is 4.90 Å². The second-order valence-corrected chi connectivity index (χ2v) is 7.13. The van der Waals surface area contributed by atoms with Gasteiger partial charge in [0.1, 0.15) is 6.33 Å². The number of aryl methyl sites for hydroxylation is 1.